The Morgan fingerprint density at radius 1 is 1.03 bits per heavy atom. The summed E-state index contributed by atoms with van der Waals surface area (Å²) >= 11 is 7.21. The summed E-state index contributed by atoms with van der Waals surface area (Å²) in [7, 11) is -3.71. The van der Waals surface area contributed by atoms with Crippen LogP contribution < -0.4 is 10.0 Å². The number of aryl methyl sites for hydroxylation is 1. The monoisotopic (exact) mass is 543 g/mol. The second-order valence-electron chi connectivity index (χ2n) is 8.46. The van der Waals surface area contributed by atoms with Crippen molar-refractivity contribution in [2.45, 2.75) is 30.0 Å². The van der Waals surface area contributed by atoms with Crippen LogP contribution >= 0.6 is 22.9 Å². The van der Waals surface area contributed by atoms with E-state index in [4.69, 9.17) is 16.1 Å². The number of aromatic nitrogens is 1. The number of nitrogens with one attached hydrogen (secondary N) is 2. The molecular formula is C26H23ClFN3O3S2. The van der Waals surface area contributed by atoms with E-state index in [0.29, 0.717) is 22.8 Å². The Hall–Kier alpha value is -2.98. The van der Waals surface area contributed by atoms with Crippen molar-refractivity contribution in [1.82, 2.24) is 10.5 Å². The second-order valence-corrected chi connectivity index (χ2v) is 11.9. The molecule has 0 spiro atoms. The maximum atomic E-state index is 13.3. The van der Waals surface area contributed by atoms with Crippen LogP contribution in [0.3, 0.4) is 0 Å². The third-order valence-corrected chi connectivity index (χ3v) is 8.95. The van der Waals surface area contributed by atoms with Gasteiger partial charge in [-0.05, 0) is 79.2 Å². The number of unbranched alkanes of at least 4 members (excludes halogenated alkanes) is 1. The van der Waals surface area contributed by atoms with Crippen molar-refractivity contribution < 1.29 is 17.3 Å². The first kappa shape index (κ1) is 24.7. The van der Waals surface area contributed by atoms with E-state index in [9.17, 15) is 12.8 Å². The van der Waals surface area contributed by atoms with Gasteiger partial charge in [0.2, 0.25) is 0 Å². The topological polar surface area (TPSA) is 84.2 Å². The second kappa shape index (κ2) is 10.6. The van der Waals surface area contributed by atoms with Gasteiger partial charge >= 0.3 is 0 Å². The minimum Gasteiger partial charge on any atom is -0.356 e. The van der Waals surface area contributed by atoms with Crippen LogP contribution in [0.25, 0.3) is 21.1 Å². The van der Waals surface area contributed by atoms with E-state index in [1.54, 1.807) is 30.3 Å². The van der Waals surface area contributed by atoms with E-state index < -0.39 is 10.0 Å². The Morgan fingerprint density at radius 3 is 2.81 bits per heavy atom. The van der Waals surface area contributed by atoms with Gasteiger partial charge in [0, 0.05) is 33.4 Å². The lowest BCUT2D eigenvalue weighted by molar-refractivity contribution is 0.442. The summed E-state index contributed by atoms with van der Waals surface area (Å²) in [5.74, 6) is -0.336. The highest BCUT2D eigenvalue weighted by atomic mass is 35.5. The van der Waals surface area contributed by atoms with E-state index in [1.165, 1.54) is 23.5 Å². The van der Waals surface area contributed by atoms with Crippen LogP contribution in [-0.2, 0) is 23.0 Å². The van der Waals surface area contributed by atoms with E-state index in [0.717, 1.165) is 52.5 Å². The summed E-state index contributed by atoms with van der Waals surface area (Å²) in [6.07, 6.45) is 2.59. The zero-order valence-corrected chi connectivity index (χ0v) is 21.5. The maximum Gasteiger partial charge on any atom is 0.271 e. The fourth-order valence-corrected chi connectivity index (χ4v) is 6.71. The number of rotatable bonds is 10. The SMILES string of the molecule is O=S(=O)(Nc1cccc(CNCCCCc2noc3cc(F)ccc23)c1)c1cc2ccc(Cl)cc2s1. The van der Waals surface area contributed by atoms with Crippen LogP contribution in [0.2, 0.25) is 5.02 Å². The lowest BCUT2D eigenvalue weighted by Gasteiger charge is -2.09. The van der Waals surface area contributed by atoms with Gasteiger partial charge in [-0.3, -0.25) is 4.72 Å². The molecule has 2 aromatic heterocycles. The highest BCUT2D eigenvalue weighted by molar-refractivity contribution is 7.94. The molecule has 3 aromatic carbocycles. The first-order valence-corrected chi connectivity index (χ1v) is 14.1. The van der Waals surface area contributed by atoms with Gasteiger partial charge in [0.1, 0.15) is 10.0 Å². The van der Waals surface area contributed by atoms with Crippen molar-refractivity contribution in [1.29, 1.82) is 0 Å². The third-order valence-electron chi connectivity index (χ3n) is 5.76. The number of hydrogen-bond acceptors (Lipinski definition) is 6. The molecule has 0 aliphatic heterocycles. The fraction of sp³-hybridized carbons (Fsp3) is 0.192. The summed E-state index contributed by atoms with van der Waals surface area (Å²) in [4.78, 5) is 0. The standard InChI is InChI=1S/C26H23ClFN3O3S2/c27-19-8-7-18-13-26(35-25(18)14-19)36(32,33)31-21-5-3-4-17(12-21)16-29-11-2-1-6-23-22-10-9-20(28)15-24(22)34-30-23/h3-5,7-10,12-15,29,31H,1-2,6,11,16H2. The number of thiophene rings is 1. The molecule has 2 N–H and O–H groups in total. The maximum absolute atomic E-state index is 13.3. The van der Waals surface area contributed by atoms with Gasteiger partial charge in [0.25, 0.3) is 10.0 Å². The van der Waals surface area contributed by atoms with Crippen LogP contribution in [0.4, 0.5) is 10.1 Å². The van der Waals surface area contributed by atoms with Crippen LogP contribution in [0.5, 0.6) is 0 Å². The molecule has 36 heavy (non-hydrogen) atoms. The molecule has 0 aliphatic rings. The summed E-state index contributed by atoms with van der Waals surface area (Å²) in [6, 6.07) is 18.8. The molecule has 5 aromatic rings. The molecule has 0 bridgehead atoms. The molecule has 5 rings (SSSR count). The van der Waals surface area contributed by atoms with Crippen molar-refractivity contribution in [3.63, 3.8) is 0 Å². The van der Waals surface area contributed by atoms with Crippen LogP contribution in [0.1, 0.15) is 24.1 Å². The molecule has 10 heteroatoms. The van der Waals surface area contributed by atoms with Crippen LogP contribution in [0, 0.1) is 5.82 Å². The predicted molar refractivity (Wildman–Crippen MR) is 143 cm³/mol. The van der Waals surface area contributed by atoms with Gasteiger partial charge in [-0.15, -0.1) is 11.3 Å². The zero-order valence-electron chi connectivity index (χ0n) is 19.1. The Morgan fingerprint density at radius 2 is 1.92 bits per heavy atom. The Kier molecular flexibility index (Phi) is 7.25. The van der Waals surface area contributed by atoms with Crippen LogP contribution in [-0.4, -0.2) is 20.1 Å². The van der Waals surface area contributed by atoms with Gasteiger partial charge < -0.3 is 9.84 Å². The van der Waals surface area contributed by atoms with Gasteiger partial charge in [-0.2, -0.15) is 0 Å². The number of nitrogens with zero attached hydrogens (tertiary/aromatic N) is 1. The molecule has 0 radical (unpaired) electrons. The third kappa shape index (κ3) is 5.70. The minimum atomic E-state index is -3.71. The number of halogens is 2. The highest BCUT2D eigenvalue weighted by Crippen LogP contribution is 2.32. The summed E-state index contributed by atoms with van der Waals surface area (Å²) in [5, 5.41) is 9.71. The highest BCUT2D eigenvalue weighted by Gasteiger charge is 2.18. The van der Waals surface area contributed by atoms with E-state index >= 15 is 0 Å². The van der Waals surface area contributed by atoms with Crippen LogP contribution in [0.15, 0.2) is 75.5 Å². The van der Waals surface area contributed by atoms with Crippen molar-refractivity contribution in [2.24, 2.45) is 0 Å². The van der Waals surface area contributed by atoms with Crippen molar-refractivity contribution in [3.8, 4) is 0 Å². The molecule has 0 atom stereocenters. The molecular weight excluding hydrogens is 521 g/mol. The quantitative estimate of drug-likeness (QED) is 0.190. The molecule has 0 saturated carbocycles. The van der Waals surface area contributed by atoms with E-state index in [-0.39, 0.29) is 10.0 Å². The number of benzene rings is 3. The average molecular weight is 544 g/mol. The number of sulfonamides is 1. The van der Waals surface area contributed by atoms with Crippen molar-refractivity contribution >= 4 is 59.7 Å². The lowest BCUT2D eigenvalue weighted by atomic mass is 10.1. The molecule has 0 unspecified atom stereocenters. The Bertz CT molecular complexity index is 1630. The molecule has 0 amide bonds. The Labute approximate surface area is 217 Å². The van der Waals surface area contributed by atoms with Gasteiger partial charge in [0.05, 0.1) is 5.69 Å². The Balaban J connectivity index is 1.12. The van der Waals surface area contributed by atoms with Crippen molar-refractivity contribution in [3.05, 3.63) is 88.8 Å². The largest absolute Gasteiger partial charge is 0.356 e. The summed E-state index contributed by atoms with van der Waals surface area (Å²) in [5.41, 5.74) is 2.80. The minimum absolute atomic E-state index is 0.244. The molecule has 0 saturated heterocycles. The fourth-order valence-electron chi connectivity index (χ4n) is 3.98. The smallest absolute Gasteiger partial charge is 0.271 e. The molecule has 186 valence electrons. The van der Waals surface area contributed by atoms with Gasteiger partial charge in [-0.1, -0.05) is 35.0 Å². The lowest BCUT2D eigenvalue weighted by Crippen LogP contribution is -2.15. The normalized spacial score (nSPS) is 11.9. The van der Waals surface area contributed by atoms with Crippen molar-refractivity contribution in [2.75, 3.05) is 11.3 Å². The number of fused-ring (bicyclic) bond motifs is 2. The number of hydrogen-bond donors (Lipinski definition) is 2. The molecule has 2 heterocycles. The zero-order chi connectivity index (χ0) is 25.1. The average Bonchev–Trinajstić information content (AvgIpc) is 3.45. The predicted octanol–water partition coefficient (Wildman–Crippen LogP) is 6.75. The van der Waals surface area contributed by atoms with E-state index in [2.05, 4.69) is 15.2 Å². The molecule has 6 nitrogen and oxygen atoms in total. The van der Waals surface area contributed by atoms with Gasteiger partial charge in [0.15, 0.2) is 5.58 Å². The van der Waals surface area contributed by atoms with Gasteiger partial charge in [-0.25, -0.2) is 12.8 Å². The van der Waals surface area contributed by atoms with E-state index in [1.807, 2.05) is 24.3 Å². The first-order valence-electron chi connectivity index (χ1n) is 11.4. The number of anilines is 1. The first-order chi connectivity index (χ1) is 17.4. The summed E-state index contributed by atoms with van der Waals surface area (Å²) in [6.45, 7) is 1.41. The molecule has 0 fully saturated rings. The summed E-state index contributed by atoms with van der Waals surface area (Å²) < 4.78 is 48.1. The molecule has 0 aliphatic carbocycles.